The van der Waals surface area contributed by atoms with Crippen LogP contribution in [0.25, 0.3) is 0 Å². The van der Waals surface area contributed by atoms with Crippen LogP contribution in [0.15, 0.2) is 55.0 Å². The molecule has 4 nitrogen and oxygen atoms in total. The van der Waals surface area contributed by atoms with Gasteiger partial charge in [-0.2, -0.15) is 0 Å². The smallest absolute Gasteiger partial charge is 0.0558 e. The lowest BCUT2D eigenvalue weighted by atomic mass is 10.4. The Labute approximate surface area is 143 Å². The SMILES string of the molecule is CC.CC.CN(C)CCO.Cc1ccccn1.c1ccncc1. The molecule has 2 heterocycles. The minimum Gasteiger partial charge on any atom is -0.395 e. The number of aliphatic hydroxyl groups excluding tert-OH is 1. The number of aliphatic hydroxyl groups is 1. The van der Waals surface area contributed by atoms with Crippen LogP contribution in [0.3, 0.4) is 0 Å². The van der Waals surface area contributed by atoms with Gasteiger partial charge in [0.2, 0.25) is 0 Å². The van der Waals surface area contributed by atoms with Gasteiger partial charge in [-0.1, -0.05) is 39.8 Å². The van der Waals surface area contributed by atoms with Gasteiger partial charge in [0.1, 0.15) is 0 Å². The maximum absolute atomic E-state index is 8.20. The van der Waals surface area contributed by atoms with E-state index in [9.17, 15) is 0 Å². The highest BCUT2D eigenvalue weighted by Crippen LogP contribution is 1.86. The third-order valence-corrected chi connectivity index (χ3v) is 1.93. The molecule has 23 heavy (non-hydrogen) atoms. The summed E-state index contributed by atoms with van der Waals surface area (Å²) < 4.78 is 0. The Morgan fingerprint density at radius 2 is 1.39 bits per heavy atom. The Morgan fingerprint density at radius 3 is 1.52 bits per heavy atom. The lowest BCUT2D eigenvalue weighted by Gasteiger charge is -2.03. The molecule has 0 unspecified atom stereocenters. The van der Waals surface area contributed by atoms with Crippen LogP contribution in [-0.4, -0.2) is 47.2 Å². The van der Waals surface area contributed by atoms with Gasteiger partial charge in [0.15, 0.2) is 0 Å². The molecule has 0 bridgehead atoms. The monoisotopic (exact) mass is 321 g/mol. The summed E-state index contributed by atoms with van der Waals surface area (Å²) >= 11 is 0. The summed E-state index contributed by atoms with van der Waals surface area (Å²) in [5.41, 5.74) is 1.07. The van der Waals surface area contributed by atoms with E-state index < -0.39 is 0 Å². The van der Waals surface area contributed by atoms with Crippen molar-refractivity contribution in [2.45, 2.75) is 34.6 Å². The van der Waals surface area contributed by atoms with Crippen LogP contribution in [0.4, 0.5) is 0 Å². The standard InChI is InChI=1S/C6H7N.C5H5N.C4H11NO.2C2H6/c1-6-4-2-3-5-7-6;1-2-4-6-5-3-1;1-5(2)3-4-6;2*1-2/h2-5H,1H3;1-5H;6H,3-4H2,1-2H3;2*1-2H3. The number of likely N-dealkylation sites (N-methyl/N-ethyl adjacent to an activating group) is 1. The van der Waals surface area contributed by atoms with Gasteiger partial charge in [0.25, 0.3) is 0 Å². The number of aromatic nitrogens is 2. The van der Waals surface area contributed by atoms with Crippen LogP contribution in [0.5, 0.6) is 0 Å². The quantitative estimate of drug-likeness (QED) is 0.906. The molecule has 0 aliphatic rings. The summed E-state index contributed by atoms with van der Waals surface area (Å²) in [6.07, 6.45) is 5.29. The molecule has 0 aliphatic heterocycles. The van der Waals surface area contributed by atoms with Gasteiger partial charge in [-0.25, -0.2) is 0 Å². The van der Waals surface area contributed by atoms with E-state index in [2.05, 4.69) is 9.97 Å². The molecular formula is C19H35N3O. The van der Waals surface area contributed by atoms with Crippen LogP contribution < -0.4 is 0 Å². The number of hydrogen-bond acceptors (Lipinski definition) is 4. The molecule has 0 fully saturated rings. The molecule has 132 valence electrons. The summed E-state index contributed by atoms with van der Waals surface area (Å²) in [6, 6.07) is 11.6. The zero-order valence-electron chi connectivity index (χ0n) is 15.9. The van der Waals surface area contributed by atoms with Crippen LogP contribution in [0, 0.1) is 6.92 Å². The second-order valence-corrected chi connectivity index (χ2v) is 4.02. The number of rotatable bonds is 2. The largest absolute Gasteiger partial charge is 0.395 e. The molecule has 4 heteroatoms. The Hall–Kier alpha value is -1.78. The van der Waals surface area contributed by atoms with Crippen molar-refractivity contribution in [1.29, 1.82) is 0 Å². The summed E-state index contributed by atoms with van der Waals surface area (Å²) in [5, 5.41) is 8.20. The van der Waals surface area contributed by atoms with Crippen LogP contribution in [0.1, 0.15) is 33.4 Å². The fourth-order valence-electron chi connectivity index (χ4n) is 0.961. The van der Waals surface area contributed by atoms with E-state index in [1.165, 1.54) is 0 Å². The summed E-state index contributed by atoms with van der Waals surface area (Å²) in [5.74, 6) is 0. The van der Waals surface area contributed by atoms with Gasteiger partial charge in [-0.05, 0) is 45.3 Å². The van der Waals surface area contributed by atoms with Crippen molar-refractivity contribution in [2.24, 2.45) is 0 Å². The maximum atomic E-state index is 8.20. The van der Waals surface area contributed by atoms with E-state index in [4.69, 9.17) is 5.11 Å². The highest BCUT2D eigenvalue weighted by atomic mass is 16.3. The molecular weight excluding hydrogens is 286 g/mol. The minimum atomic E-state index is 0.257. The molecule has 2 aromatic rings. The fourth-order valence-corrected chi connectivity index (χ4v) is 0.961. The Morgan fingerprint density at radius 1 is 0.870 bits per heavy atom. The second kappa shape index (κ2) is 25.2. The van der Waals surface area contributed by atoms with Crippen molar-refractivity contribution in [3.8, 4) is 0 Å². The topological polar surface area (TPSA) is 49.2 Å². The Balaban J connectivity index is -0.000000236. The van der Waals surface area contributed by atoms with Crippen molar-refractivity contribution < 1.29 is 5.11 Å². The van der Waals surface area contributed by atoms with Crippen molar-refractivity contribution in [3.05, 3.63) is 60.7 Å². The summed E-state index contributed by atoms with van der Waals surface area (Å²) in [7, 11) is 3.85. The first kappa shape index (κ1) is 26.1. The normalized spacial score (nSPS) is 7.87. The lowest BCUT2D eigenvalue weighted by Crippen LogP contribution is -2.15. The van der Waals surface area contributed by atoms with Crippen LogP contribution in [0.2, 0.25) is 0 Å². The van der Waals surface area contributed by atoms with E-state index in [0.717, 1.165) is 12.2 Å². The van der Waals surface area contributed by atoms with E-state index >= 15 is 0 Å². The minimum absolute atomic E-state index is 0.257. The average molecular weight is 322 g/mol. The lowest BCUT2D eigenvalue weighted by molar-refractivity contribution is 0.243. The zero-order valence-corrected chi connectivity index (χ0v) is 15.9. The summed E-state index contributed by atoms with van der Waals surface area (Å²) in [4.78, 5) is 9.69. The molecule has 0 atom stereocenters. The molecule has 0 saturated carbocycles. The molecule has 0 amide bonds. The summed E-state index contributed by atoms with van der Waals surface area (Å²) in [6.45, 7) is 11.0. The third-order valence-electron chi connectivity index (χ3n) is 1.93. The van der Waals surface area contributed by atoms with Gasteiger partial charge in [0.05, 0.1) is 6.61 Å². The van der Waals surface area contributed by atoms with Gasteiger partial charge in [0, 0.05) is 30.8 Å². The van der Waals surface area contributed by atoms with E-state index in [-0.39, 0.29) is 6.61 Å². The molecule has 0 aromatic carbocycles. The first-order chi connectivity index (χ1) is 11.2. The van der Waals surface area contributed by atoms with Gasteiger partial charge in [-0.15, -0.1) is 0 Å². The van der Waals surface area contributed by atoms with Gasteiger partial charge < -0.3 is 10.0 Å². The molecule has 2 rings (SSSR count). The number of hydrogen-bond donors (Lipinski definition) is 1. The highest BCUT2D eigenvalue weighted by molar-refractivity contribution is 4.99. The zero-order chi connectivity index (χ0) is 18.3. The third kappa shape index (κ3) is 29.0. The maximum Gasteiger partial charge on any atom is 0.0558 e. The van der Waals surface area contributed by atoms with Crippen molar-refractivity contribution in [1.82, 2.24) is 14.9 Å². The molecule has 0 radical (unpaired) electrons. The van der Waals surface area contributed by atoms with Crippen molar-refractivity contribution in [2.75, 3.05) is 27.2 Å². The molecule has 0 saturated heterocycles. The molecule has 0 spiro atoms. The van der Waals surface area contributed by atoms with Gasteiger partial charge in [-0.3, -0.25) is 9.97 Å². The highest BCUT2D eigenvalue weighted by Gasteiger charge is 1.80. The number of nitrogens with zero attached hydrogens (tertiary/aromatic N) is 3. The van der Waals surface area contributed by atoms with E-state index in [1.807, 2.05) is 90.0 Å². The molecule has 1 N–H and O–H groups in total. The van der Waals surface area contributed by atoms with Crippen molar-refractivity contribution in [3.63, 3.8) is 0 Å². The molecule has 0 aliphatic carbocycles. The van der Waals surface area contributed by atoms with Gasteiger partial charge >= 0.3 is 0 Å². The first-order valence-electron chi connectivity index (χ1n) is 8.15. The number of aryl methyl sites for hydroxylation is 1. The predicted octanol–water partition coefficient (Wildman–Crippen LogP) is 4.06. The Kier molecular flexibility index (Phi) is 28.6. The first-order valence-corrected chi connectivity index (χ1v) is 8.15. The van der Waals surface area contributed by atoms with E-state index in [1.54, 1.807) is 18.6 Å². The number of pyridine rings is 2. The van der Waals surface area contributed by atoms with Crippen LogP contribution >= 0.6 is 0 Å². The molecule has 2 aromatic heterocycles. The van der Waals surface area contributed by atoms with Crippen LogP contribution in [-0.2, 0) is 0 Å². The Bertz CT molecular complexity index is 354. The van der Waals surface area contributed by atoms with E-state index in [0.29, 0.717) is 0 Å². The fraction of sp³-hybridized carbons (Fsp3) is 0.474. The van der Waals surface area contributed by atoms with Crippen molar-refractivity contribution >= 4 is 0 Å². The average Bonchev–Trinajstić information content (AvgIpc) is 2.62. The predicted molar refractivity (Wildman–Crippen MR) is 102 cm³/mol. The second-order valence-electron chi connectivity index (χ2n) is 4.02.